The molecule has 1 atom stereocenters. The highest BCUT2D eigenvalue weighted by Gasteiger charge is 2.11. The molecule has 0 spiro atoms. The van der Waals surface area contributed by atoms with Crippen LogP contribution in [0.25, 0.3) is 0 Å². The molecular weight excluding hydrogens is 310 g/mol. The first kappa shape index (κ1) is 15.6. The summed E-state index contributed by atoms with van der Waals surface area (Å²) < 4.78 is 11.2. The van der Waals surface area contributed by atoms with Crippen molar-refractivity contribution >= 4 is 16.7 Å². The van der Waals surface area contributed by atoms with Crippen molar-refractivity contribution in [3.8, 4) is 0 Å². The lowest BCUT2D eigenvalue weighted by Crippen LogP contribution is -2.06. The van der Waals surface area contributed by atoms with E-state index in [0.29, 0.717) is 12.4 Å². The molecule has 7 heteroatoms. The first-order chi connectivity index (χ1) is 11.2. The van der Waals surface area contributed by atoms with Crippen molar-refractivity contribution in [2.45, 2.75) is 26.1 Å². The summed E-state index contributed by atoms with van der Waals surface area (Å²) in [7, 11) is 1.64. The van der Waals surface area contributed by atoms with Crippen molar-refractivity contribution in [2.24, 2.45) is 0 Å². The summed E-state index contributed by atoms with van der Waals surface area (Å²) in [5, 5.41) is 8.58. The molecule has 0 bridgehead atoms. The summed E-state index contributed by atoms with van der Waals surface area (Å²) in [4.78, 5) is 4.38. The predicted octanol–water partition coefficient (Wildman–Crippen LogP) is 3.10. The molecule has 0 fully saturated rings. The number of hydrogen-bond acceptors (Lipinski definition) is 6. The maximum absolute atomic E-state index is 5.03. The second kappa shape index (κ2) is 7.34. The van der Waals surface area contributed by atoms with E-state index in [4.69, 9.17) is 4.74 Å². The monoisotopic (exact) mass is 329 g/mol. The quantitative estimate of drug-likeness (QED) is 0.721. The fraction of sp³-hybridized carbons (Fsp3) is 0.312. The molecule has 0 amide bonds. The number of aromatic nitrogens is 4. The van der Waals surface area contributed by atoms with E-state index in [0.717, 1.165) is 17.2 Å². The largest absolute Gasteiger partial charge is 0.377 e. The van der Waals surface area contributed by atoms with Gasteiger partial charge in [0.1, 0.15) is 6.61 Å². The van der Waals surface area contributed by atoms with E-state index in [2.05, 4.69) is 45.0 Å². The molecular formula is C16H19N5OS. The lowest BCUT2D eigenvalue weighted by atomic mass is 10.2. The van der Waals surface area contributed by atoms with Crippen LogP contribution in [-0.2, 0) is 17.9 Å². The van der Waals surface area contributed by atoms with Crippen LogP contribution in [0, 0.1) is 0 Å². The zero-order valence-corrected chi connectivity index (χ0v) is 14.0. The molecule has 0 aliphatic carbocycles. The Bertz CT molecular complexity index is 740. The maximum atomic E-state index is 5.03. The molecule has 0 aliphatic rings. The fourth-order valence-corrected chi connectivity index (χ4v) is 2.89. The average molecular weight is 329 g/mol. The van der Waals surface area contributed by atoms with Gasteiger partial charge in [-0.1, -0.05) is 30.3 Å². The minimum atomic E-state index is 0.114. The normalized spacial score (nSPS) is 12.3. The van der Waals surface area contributed by atoms with Crippen LogP contribution in [0.3, 0.4) is 0 Å². The average Bonchev–Trinajstić information content (AvgIpc) is 3.18. The lowest BCUT2D eigenvalue weighted by Gasteiger charge is -2.09. The molecule has 1 aromatic carbocycles. The fourth-order valence-electron chi connectivity index (χ4n) is 2.23. The maximum Gasteiger partial charge on any atom is 0.203 e. The third kappa shape index (κ3) is 4.14. The Balaban J connectivity index is 1.62. The molecule has 0 aliphatic heterocycles. The van der Waals surface area contributed by atoms with E-state index in [1.165, 1.54) is 17.1 Å². The topological polar surface area (TPSA) is 64.9 Å². The molecule has 1 unspecified atom stereocenters. The second-order valence-corrected chi connectivity index (χ2v) is 6.02. The number of benzene rings is 1. The van der Waals surface area contributed by atoms with E-state index in [-0.39, 0.29) is 6.04 Å². The molecule has 3 rings (SSSR count). The molecule has 0 saturated heterocycles. The number of nitrogens with zero attached hydrogens (tertiary/aromatic N) is 4. The second-order valence-electron chi connectivity index (χ2n) is 5.27. The van der Waals surface area contributed by atoms with Gasteiger partial charge in [0.15, 0.2) is 5.82 Å². The highest BCUT2D eigenvalue weighted by atomic mass is 32.1. The van der Waals surface area contributed by atoms with Gasteiger partial charge in [0.2, 0.25) is 5.13 Å². The number of hydrogen-bond donors (Lipinski definition) is 1. The van der Waals surface area contributed by atoms with Gasteiger partial charge in [0, 0.05) is 30.4 Å². The van der Waals surface area contributed by atoms with E-state index in [1.807, 2.05) is 29.1 Å². The third-order valence-electron chi connectivity index (χ3n) is 3.42. The third-order valence-corrected chi connectivity index (χ3v) is 4.11. The Morgan fingerprint density at radius 3 is 2.91 bits per heavy atom. The molecule has 120 valence electrons. The highest BCUT2D eigenvalue weighted by Crippen LogP contribution is 2.20. The summed E-state index contributed by atoms with van der Waals surface area (Å²) in [6.07, 6.45) is 3.94. The van der Waals surface area contributed by atoms with Gasteiger partial charge in [-0.05, 0) is 12.5 Å². The number of methoxy groups -OCH3 is 1. The van der Waals surface area contributed by atoms with Crippen molar-refractivity contribution in [1.82, 2.24) is 19.1 Å². The zero-order chi connectivity index (χ0) is 16.1. The minimum Gasteiger partial charge on any atom is -0.377 e. The predicted molar refractivity (Wildman–Crippen MR) is 90.4 cm³/mol. The summed E-state index contributed by atoms with van der Waals surface area (Å²) in [5.41, 5.74) is 2.35. The molecule has 2 heterocycles. The number of ether oxygens (including phenoxy) is 1. The SMILES string of the molecule is COCc1nsc(NC(C)c2cnn(Cc3ccccc3)c2)n1. The molecule has 0 saturated carbocycles. The Labute approximate surface area is 139 Å². The zero-order valence-electron chi connectivity index (χ0n) is 13.1. The van der Waals surface area contributed by atoms with Gasteiger partial charge in [-0.15, -0.1) is 0 Å². The number of anilines is 1. The van der Waals surface area contributed by atoms with Crippen LogP contribution in [0.2, 0.25) is 0 Å². The molecule has 1 N–H and O–H groups in total. The van der Waals surface area contributed by atoms with Crippen LogP contribution in [0.4, 0.5) is 5.13 Å². The minimum absolute atomic E-state index is 0.114. The van der Waals surface area contributed by atoms with Crippen molar-refractivity contribution in [3.05, 3.63) is 59.7 Å². The van der Waals surface area contributed by atoms with Gasteiger partial charge < -0.3 is 10.1 Å². The Morgan fingerprint density at radius 1 is 1.30 bits per heavy atom. The van der Waals surface area contributed by atoms with E-state index in [1.54, 1.807) is 7.11 Å². The molecule has 6 nitrogen and oxygen atoms in total. The number of rotatable bonds is 7. The lowest BCUT2D eigenvalue weighted by molar-refractivity contribution is 0.179. The summed E-state index contributed by atoms with van der Waals surface area (Å²) in [6.45, 7) is 3.28. The van der Waals surface area contributed by atoms with E-state index < -0.39 is 0 Å². The van der Waals surface area contributed by atoms with Crippen molar-refractivity contribution in [1.29, 1.82) is 0 Å². The van der Waals surface area contributed by atoms with Crippen LogP contribution in [0.1, 0.15) is 29.9 Å². The van der Waals surface area contributed by atoms with E-state index >= 15 is 0 Å². The van der Waals surface area contributed by atoms with Gasteiger partial charge in [0.25, 0.3) is 0 Å². The standard InChI is InChI=1S/C16H19N5OS/c1-12(18-16-19-15(11-22-2)20-23-16)14-8-17-21(10-14)9-13-6-4-3-5-7-13/h3-8,10,12H,9,11H2,1-2H3,(H,18,19,20). The van der Waals surface area contributed by atoms with Crippen molar-refractivity contribution in [3.63, 3.8) is 0 Å². The van der Waals surface area contributed by atoms with Gasteiger partial charge in [-0.25, -0.2) is 4.98 Å². The smallest absolute Gasteiger partial charge is 0.203 e. The molecule has 0 radical (unpaired) electrons. The molecule has 2 aromatic heterocycles. The van der Waals surface area contributed by atoms with Gasteiger partial charge in [0.05, 0.1) is 18.8 Å². The Hall–Kier alpha value is -2.25. The first-order valence-electron chi connectivity index (χ1n) is 7.39. The Morgan fingerprint density at radius 2 is 2.13 bits per heavy atom. The van der Waals surface area contributed by atoms with Crippen LogP contribution in [0.15, 0.2) is 42.7 Å². The van der Waals surface area contributed by atoms with Crippen LogP contribution >= 0.6 is 11.5 Å². The van der Waals surface area contributed by atoms with Crippen LogP contribution in [-0.4, -0.2) is 26.2 Å². The van der Waals surface area contributed by atoms with E-state index in [9.17, 15) is 0 Å². The molecule has 3 aromatic rings. The van der Waals surface area contributed by atoms with Crippen molar-refractivity contribution < 1.29 is 4.74 Å². The van der Waals surface area contributed by atoms with Gasteiger partial charge in [-0.2, -0.15) is 9.47 Å². The number of nitrogens with one attached hydrogen (secondary N) is 1. The van der Waals surface area contributed by atoms with Crippen LogP contribution < -0.4 is 5.32 Å². The van der Waals surface area contributed by atoms with Gasteiger partial charge >= 0.3 is 0 Å². The first-order valence-corrected chi connectivity index (χ1v) is 8.16. The van der Waals surface area contributed by atoms with Crippen LogP contribution in [0.5, 0.6) is 0 Å². The summed E-state index contributed by atoms with van der Waals surface area (Å²) in [5.74, 6) is 0.701. The van der Waals surface area contributed by atoms with Gasteiger partial charge in [-0.3, -0.25) is 4.68 Å². The molecule has 23 heavy (non-hydrogen) atoms. The van der Waals surface area contributed by atoms with Crippen molar-refractivity contribution in [2.75, 3.05) is 12.4 Å². The highest BCUT2D eigenvalue weighted by molar-refractivity contribution is 7.09. The summed E-state index contributed by atoms with van der Waals surface area (Å²) in [6, 6.07) is 10.4. The Kier molecular flexibility index (Phi) is 4.99. The summed E-state index contributed by atoms with van der Waals surface area (Å²) >= 11 is 1.34.